The van der Waals surface area contributed by atoms with Crippen LogP contribution in [0.2, 0.25) is 0 Å². The molecule has 1 N–H and O–H groups in total. The molecule has 2 aromatic heterocycles. The van der Waals surface area contributed by atoms with Gasteiger partial charge >= 0.3 is 5.97 Å². The first-order valence-corrected chi connectivity index (χ1v) is 6.29. The molecule has 2 heterocycles. The zero-order chi connectivity index (χ0) is 14.8. The van der Waals surface area contributed by atoms with Gasteiger partial charge in [0, 0.05) is 17.6 Å². The summed E-state index contributed by atoms with van der Waals surface area (Å²) in [6.07, 6.45) is 1.68. The van der Waals surface area contributed by atoms with Gasteiger partial charge in [-0.25, -0.2) is 9.48 Å². The van der Waals surface area contributed by atoms with Crippen molar-refractivity contribution in [3.8, 4) is 0 Å². The number of aromatic carboxylic acids is 1. The van der Waals surface area contributed by atoms with Gasteiger partial charge in [-0.05, 0) is 17.7 Å². The predicted octanol–water partition coefficient (Wildman–Crippen LogP) is 1.54. The molecular formula is C15H11N3O3. The van der Waals surface area contributed by atoms with E-state index in [1.807, 2.05) is 30.3 Å². The summed E-state index contributed by atoms with van der Waals surface area (Å²) in [6, 6.07) is 11.8. The highest BCUT2D eigenvalue weighted by Crippen LogP contribution is 2.16. The van der Waals surface area contributed by atoms with Gasteiger partial charge in [0.2, 0.25) is 0 Å². The van der Waals surface area contributed by atoms with Gasteiger partial charge in [0.25, 0.3) is 5.56 Å². The molecule has 6 heteroatoms. The minimum atomic E-state index is -1.17. The SMILES string of the molecule is O=C(O)c1ccc(=O)n(Cc2cccc3cccnc23)n1. The van der Waals surface area contributed by atoms with Gasteiger partial charge in [-0.2, -0.15) is 5.10 Å². The second kappa shape index (κ2) is 5.16. The van der Waals surface area contributed by atoms with Crippen molar-refractivity contribution in [3.63, 3.8) is 0 Å². The minimum absolute atomic E-state index is 0.164. The fourth-order valence-corrected chi connectivity index (χ4v) is 2.13. The van der Waals surface area contributed by atoms with E-state index in [-0.39, 0.29) is 17.8 Å². The molecule has 0 bridgehead atoms. The Morgan fingerprint density at radius 3 is 2.76 bits per heavy atom. The summed E-state index contributed by atoms with van der Waals surface area (Å²) >= 11 is 0. The van der Waals surface area contributed by atoms with Crippen molar-refractivity contribution in [2.24, 2.45) is 0 Å². The number of pyridine rings is 1. The van der Waals surface area contributed by atoms with E-state index in [0.29, 0.717) is 0 Å². The number of carboxylic acids is 1. The van der Waals surface area contributed by atoms with E-state index >= 15 is 0 Å². The standard InChI is InChI=1S/C15H11N3O3/c19-13-7-6-12(15(20)21)17-18(13)9-11-4-1-3-10-5-2-8-16-14(10)11/h1-8H,9H2,(H,20,21). The zero-order valence-electron chi connectivity index (χ0n) is 10.9. The van der Waals surface area contributed by atoms with Crippen LogP contribution < -0.4 is 5.56 Å². The fourth-order valence-electron chi connectivity index (χ4n) is 2.13. The summed E-state index contributed by atoms with van der Waals surface area (Å²) in [5.41, 5.74) is 1.07. The third-order valence-electron chi connectivity index (χ3n) is 3.12. The maximum atomic E-state index is 11.8. The van der Waals surface area contributed by atoms with Crippen molar-refractivity contribution in [2.45, 2.75) is 6.54 Å². The Labute approximate surface area is 119 Å². The summed E-state index contributed by atoms with van der Waals surface area (Å²) < 4.78 is 1.13. The molecule has 0 radical (unpaired) electrons. The van der Waals surface area contributed by atoms with Crippen LogP contribution in [-0.2, 0) is 6.54 Å². The summed E-state index contributed by atoms with van der Waals surface area (Å²) in [7, 11) is 0. The van der Waals surface area contributed by atoms with Crippen LogP contribution in [-0.4, -0.2) is 25.8 Å². The van der Waals surface area contributed by atoms with Gasteiger partial charge in [0.05, 0.1) is 12.1 Å². The number of aromatic nitrogens is 3. The van der Waals surface area contributed by atoms with Crippen LogP contribution in [0.25, 0.3) is 10.9 Å². The Hall–Kier alpha value is -3.02. The first-order valence-electron chi connectivity index (χ1n) is 6.29. The number of nitrogens with zero attached hydrogens (tertiary/aromatic N) is 3. The average Bonchev–Trinajstić information content (AvgIpc) is 2.49. The molecular weight excluding hydrogens is 270 g/mol. The van der Waals surface area contributed by atoms with Crippen LogP contribution in [0, 0.1) is 0 Å². The molecule has 3 aromatic rings. The van der Waals surface area contributed by atoms with Crippen LogP contribution in [0.15, 0.2) is 53.5 Å². The molecule has 6 nitrogen and oxygen atoms in total. The molecule has 0 aliphatic carbocycles. The van der Waals surface area contributed by atoms with Crippen LogP contribution >= 0.6 is 0 Å². The topological polar surface area (TPSA) is 85.1 Å². The Morgan fingerprint density at radius 1 is 1.14 bits per heavy atom. The Bertz CT molecular complexity index is 881. The summed E-state index contributed by atoms with van der Waals surface area (Å²) in [4.78, 5) is 27.1. The molecule has 104 valence electrons. The number of para-hydroxylation sites is 1. The average molecular weight is 281 g/mol. The zero-order valence-corrected chi connectivity index (χ0v) is 10.9. The highest BCUT2D eigenvalue weighted by atomic mass is 16.4. The van der Waals surface area contributed by atoms with Crippen molar-refractivity contribution in [3.05, 3.63) is 70.3 Å². The Morgan fingerprint density at radius 2 is 1.95 bits per heavy atom. The number of rotatable bonds is 3. The molecule has 3 rings (SSSR count). The van der Waals surface area contributed by atoms with Gasteiger partial charge in [-0.15, -0.1) is 0 Å². The lowest BCUT2D eigenvalue weighted by molar-refractivity contribution is 0.0687. The summed E-state index contributed by atoms with van der Waals surface area (Å²) in [5, 5.41) is 13.8. The van der Waals surface area contributed by atoms with Crippen LogP contribution in [0.5, 0.6) is 0 Å². The van der Waals surface area contributed by atoms with Gasteiger partial charge in [0.15, 0.2) is 5.69 Å². The number of hydrogen-bond donors (Lipinski definition) is 1. The molecule has 0 saturated carbocycles. The second-order valence-electron chi connectivity index (χ2n) is 4.51. The molecule has 1 aromatic carbocycles. The van der Waals surface area contributed by atoms with E-state index in [0.717, 1.165) is 21.1 Å². The monoisotopic (exact) mass is 281 g/mol. The quantitative estimate of drug-likeness (QED) is 0.787. The molecule has 0 saturated heterocycles. The first kappa shape index (κ1) is 13.0. The predicted molar refractivity (Wildman–Crippen MR) is 76.3 cm³/mol. The van der Waals surface area contributed by atoms with Crippen molar-refractivity contribution < 1.29 is 9.90 Å². The second-order valence-corrected chi connectivity index (χ2v) is 4.51. The number of fused-ring (bicyclic) bond motifs is 1. The van der Waals surface area contributed by atoms with Crippen molar-refractivity contribution in [1.29, 1.82) is 0 Å². The minimum Gasteiger partial charge on any atom is -0.476 e. The number of hydrogen-bond acceptors (Lipinski definition) is 4. The van der Waals surface area contributed by atoms with E-state index in [2.05, 4.69) is 10.1 Å². The van der Waals surface area contributed by atoms with Crippen molar-refractivity contribution >= 4 is 16.9 Å². The third kappa shape index (κ3) is 2.51. The van der Waals surface area contributed by atoms with Crippen LogP contribution in [0.3, 0.4) is 0 Å². The van der Waals surface area contributed by atoms with E-state index < -0.39 is 5.97 Å². The number of carbonyl (C=O) groups is 1. The molecule has 0 atom stereocenters. The highest BCUT2D eigenvalue weighted by Gasteiger charge is 2.09. The lowest BCUT2D eigenvalue weighted by atomic mass is 10.1. The number of benzene rings is 1. The summed E-state index contributed by atoms with van der Waals surface area (Å²) in [6.45, 7) is 0.175. The molecule has 0 fully saturated rings. The maximum Gasteiger partial charge on any atom is 0.356 e. The Kier molecular flexibility index (Phi) is 3.19. The van der Waals surface area contributed by atoms with E-state index in [1.165, 1.54) is 12.1 Å². The van der Waals surface area contributed by atoms with Gasteiger partial charge in [-0.1, -0.05) is 24.3 Å². The molecule has 0 unspecified atom stereocenters. The molecule has 21 heavy (non-hydrogen) atoms. The summed E-state index contributed by atoms with van der Waals surface area (Å²) in [5.74, 6) is -1.17. The fraction of sp³-hybridized carbons (Fsp3) is 0.0667. The van der Waals surface area contributed by atoms with Gasteiger partial charge in [-0.3, -0.25) is 9.78 Å². The van der Waals surface area contributed by atoms with E-state index in [9.17, 15) is 9.59 Å². The molecule has 0 aliphatic rings. The van der Waals surface area contributed by atoms with Crippen molar-refractivity contribution in [2.75, 3.05) is 0 Å². The first-order chi connectivity index (χ1) is 10.1. The van der Waals surface area contributed by atoms with E-state index in [1.54, 1.807) is 6.20 Å². The van der Waals surface area contributed by atoms with Gasteiger partial charge in [0.1, 0.15) is 0 Å². The maximum absolute atomic E-state index is 11.8. The van der Waals surface area contributed by atoms with Crippen LogP contribution in [0.4, 0.5) is 0 Å². The third-order valence-corrected chi connectivity index (χ3v) is 3.12. The molecule has 0 aliphatic heterocycles. The molecule has 0 spiro atoms. The Balaban J connectivity index is 2.09. The van der Waals surface area contributed by atoms with E-state index in [4.69, 9.17) is 5.11 Å². The van der Waals surface area contributed by atoms with Gasteiger partial charge < -0.3 is 5.11 Å². The largest absolute Gasteiger partial charge is 0.476 e. The lowest BCUT2D eigenvalue weighted by Gasteiger charge is -2.07. The smallest absolute Gasteiger partial charge is 0.356 e. The van der Waals surface area contributed by atoms with Crippen LogP contribution in [0.1, 0.15) is 16.1 Å². The lowest BCUT2D eigenvalue weighted by Crippen LogP contribution is -2.25. The molecule has 0 amide bonds. The van der Waals surface area contributed by atoms with Crippen molar-refractivity contribution in [1.82, 2.24) is 14.8 Å². The number of carboxylic acid groups (broad SMARTS) is 1. The highest BCUT2D eigenvalue weighted by molar-refractivity contribution is 5.85. The normalized spacial score (nSPS) is 10.7.